The Labute approximate surface area is 94.5 Å². The zero-order valence-corrected chi connectivity index (χ0v) is 9.16. The van der Waals surface area contributed by atoms with Crippen LogP contribution in [0.1, 0.15) is 22.0 Å². The lowest BCUT2D eigenvalue weighted by molar-refractivity contribution is 0.0600. The molecular formula is C10H14ClNO3. The maximum Gasteiger partial charge on any atom is 0.337 e. The molecule has 1 unspecified atom stereocenters. The summed E-state index contributed by atoms with van der Waals surface area (Å²) in [6, 6.07) is 6.25. The molecule has 0 radical (unpaired) electrons. The highest BCUT2D eigenvalue weighted by Gasteiger charge is 2.07. The summed E-state index contributed by atoms with van der Waals surface area (Å²) in [5.41, 5.74) is 6.85. The van der Waals surface area contributed by atoms with Crippen molar-refractivity contribution in [3.63, 3.8) is 0 Å². The van der Waals surface area contributed by atoms with Crippen molar-refractivity contribution >= 4 is 18.4 Å². The molecule has 15 heavy (non-hydrogen) atoms. The number of hydrogen-bond acceptors (Lipinski definition) is 4. The van der Waals surface area contributed by atoms with Crippen LogP contribution in [0.3, 0.4) is 0 Å². The summed E-state index contributed by atoms with van der Waals surface area (Å²) in [6.07, 6.45) is 0. The molecule has 0 heterocycles. The average Bonchev–Trinajstić information content (AvgIpc) is 2.27. The summed E-state index contributed by atoms with van der Waals surface area (Å²) >= 11 is 0. The normalized spacial score (nSPS) is 11.4. The predicted molar refractivity (Wildman–Crippen MR) is 59.0 cm³/mol. The first-order valence-electron chi connectivity index (χ1n) is 4.23. The summed E-state index contributed by atoms with van der Waals surface area (Å²) in [4.78, 5) is 11.1. The van der Waals surface area contributed by atoms with E-state index in [0.717, 1.165) is 5.56 Å². The zero-order valence-electron chi connectivity index (χ0n) is 8.34. The van der Waals surface area contributed by atoms with Gasteiger partial charge in [0.25, 0.3) is 0 Å². The molecule has 0 aliphatic carbocycles. The summed E-state index contributed by atoms with van der Waals surface area (Å²) in [5.74, 6) is -0.380. The van der Waals surface area contributed by atoms with E-state index in [9.17, 15) is 4.79 Å². The van der Waals surface area contributed by atoms with Gasteiger partial charge < -0.3 is 15.6 Å². The molecule has 0 saturated heterocycles. The van der Waals surface area contributed by atoms with Crippen LogP contribution in [0.5, 0.6) is 0 Å². The number of hydrogen-bond donors (Lipinski definition) is 2. The Kier molecular flexibility index (Phi) is 5.93. The number of ether oxygens (including phenoxy) is 1. The molecule has 0 amide bonds. The van der Waals surface area contributed by atoms with Gasteiger partial charge in [0.05, 0.1) is 25.3 Å². The average molecular weight is 232 g/mol. The third-order valence-corrected chi connectivity index (χ3v) is 1.96. The Bertz CT molecular complexity index is 313. The molecule has 5 heteroatoms. The molecule has 0 aliphatic heterocycles. The molecule has 1 atom stereocenters. The van der Waals surface area contributed by atoms with Gasteiger partial charge in [0.15, 0.2) is 0 Å². The number of methoxy groups -OCH3 is 1. The number of esters is 1. The molecule has 0 aliphatic rings. The van der Waals surface area contributed by atoms with Crippen LogP contribution >= 0.6 is 12.4 Å². The maximum absolute atomic E-state index is 11.1. The SMILES string of the molecule is COC(=O)c1ccc(C(N)CO)cc1.Cl. The van der Waals surface area contributed by atoms with E-state index in [1.165, 1.54) is 7.11 Å². The van der Waals surface area contributed by atoms with Crippen LogP contribution in [0.25, 0.3) is 0 Å². The van der Waals surface area contributed by atoms with Gasteiger partial charge >= 0.3 is 5.97 Å². The molecule has 0 aromatic heterocycles. The summed E-state index contributed by atoms with van der Waals surface area (Å²) in [7, 11) is 1.33. The lowest BCUT2D eigenvalue weighted by atomic mass is 10.1. The lowest BCUT2D eigenvalue weighted by Crippen LogP contribution is -2.14. The Morgan fingerprint density at radius 2 is 2.00 bits per heavy atom. The molecule has 0 bridgehead atoms. The third-order valence-electron chi connectivity index (χ3n) is 1.96. The predicted octanol–water partition coefficient (Wildman–Crippen LogP) is 0.887. The minimum atomic E-state index is -0.401. The van der Waals surface area contributed by atoms with Gasteiger partial charge in [0.2, 0.25) is 0 Å². The van der Waals surface area contributed by atoms with Gasteiger partial charge in [-0.2, -0.15) is 0 Å². The largest absolute Gasteiger partial charge is 0.465 e. The van der Waals surface area contributed by atoms with E-state index in [1.54, 1.807) is 24.3 Å². The lowest BCUT2D eigenvalue weighted by Gasteiger charge is -2.08. The standard InChI is InChI=1S/C10H13NO3.ClH/c1-14-10(13)8-4-2-7(3-5-8)9(11)6-12;/h2-5,9,12H,6,11H2,1H3;1H. The molecule has 0 saturated carbocycles. The van der Waals surface area contributed by atoms with E-state index in [0.29, 0.717) is 5.56 Å². The Morgan fingerprint density at radius 3 is 2.40 bits per heavy atom. The highest BCUT2D eigenvalue weighted by molar-refractivity contribution is 5.89. The zero-order chi connectivity index (χ0) is 10.6. The highest BCUT2D eigenvalue weighted by Crippen LogP contribution is 2.11. The Hall–Kier alpha value is -1.10. The number of rotatable bonds is 3. The van der Waals surface area contributed by atoms with Crippen molar-refractivity contribution in [3.8, 4) is 0 Å². The van der Waals surface area contributed by atoms with Gasteiger partial charge in [0.1, 0.15) is 0 Å². The highest BCUT2D eigenvalue weighted by atomic mass is 35.5. The molecule has 0 fully saturated rings. The van der Waals surface area contributed by atoms with Gasteiger partial charge in [-0.25, -0.2) is 4.79 Å². The van der Waals surface area contributed by atoms with Gasteiger partial charge in [-0.3, -0.25) is 0 Å². The molecule has 0 spiro atoms. The molecule has 84 valence electrons. The topological polar surface area (TPSA) is 72.5 Å². The smallest absolute Gasteiger partial charge is 0.337 e. The minimum absolute atomic E-state index is 0. The fourth-order valence-electron chi connectivity index (χ4n) is 1.09. The van der Waals surface area contributed by atoms with Gasteiger partial charge in [-0.15, -0.1) is 12.4 Å². The monoisotopic (exact) mass is 231 g/mol. The molecule has 4 nitrogen and oxygen atoms in total. The Balaban J connectivity index is 0.00000196. The van der Waals surface area contributed by atoms with Crippen molar-refractivity contribution < 1.29 is 14.6 Å². The number of carbonyl (C=O) groups is 1. The van der Waals surface area contributed by atoms with Crippen molar-refractivity contribution in [2.75, 3.05) is 13.7 Å². The van der Waals surface area contributed by atoms with Crippen LogP contribution in [0.15, 0.2) is 24.3 Å². The van der Waals surface area contributed by atoms with Gasteiger partial charge in [0, 0.05) is 0 Å². The van der Waals surface area contributed by atoms with Crippen molar-refractivity contribution in [3.05, 3.63) is 35.4 Å². The van der Waals surface area contributed by atoms with Crippen LogP contribution in [0, 0.1) is 0 Å². The summed E-state index contributed by atoms with van der Waals surface area (Å²) in [6.45, 7) is -0.114. The molecule has 1 aromatic rings. The first-order valence-corrected chi connectivity index (χ1v) is 4.23. The quantitative estimate of drug-likeness (QED) is 0.758. The van der Waals surface area contributed by atoms with Crippen LogP contribution in [0.2, 0.25) is 0 Å². The number of halogens is 1. The first-order chi connectivity index (χ1) is 6.69. The second-order valence-electron chi connectivity index (χ2n) is 2.90. The number of carbonyl (C=O) groups excluding carboxylic acids is 1. The Morgan fingerprint density at radius 1 is 1.47 bits per heavy atom. The van der Waals surface area contributed by atoms with Gasteiger partial charge in [-0.1, -0.05) is 12.1 Å². The van der Waals surface area contributed by atoms with Crippen LogP contribution in [-0.2, 0) is 4.74 Å². The van der Waals surface area contributed by atoms with Gasteiger partial charge in [-0.05, 0) is 17.7 Å². The second kappa shape index (κ2) is 6.40. The fraction of sp³-hybridized carbons (Fsp3) is 0.300. The first kappa shape index (κ1) is 13.9. The van der Waals surface area contributed by atoms with Crippen molar-refractivity contribution in [2.45, 2.75) is 6.04 Å². The molecular weight excluding hydrogens is 218 g/mol. The summed E-state index contributed by atoms with van der Waals surface area (Å²) < 4.78 is 4.54. The van der Waals surface area contributed by atoms with E-state index in [-0.39, 0.29) is 25.0 Å². The van der Waals surface area contributed by atoms with Crippen molar-refractivity contribution in [1.29, 1.82) is 0 Å². The number of nitrogens with two attached hydrogens (primary N) is 1. The number of aliphatic hydroxyl groups excluding tert-OH is 1. The van der Waals surface area contributed by atoms with E-state index in [2.05, 4.69) is 4.74 Å². The molecule has 1 aromatic carbocycles. The van der Waals surface area contributed by atoms with Crippen molar-refractivity contribution in [1.82, 2.24) is 0 Å². The van der Waals surface area contributed by atoms with E-state index < -0.39 is 6.04 Å². The van der Waals surface area contributed by atoms with Crippen LogP contribution in [-0.4, -0.2) is 24.8 Å². The maximum atomic E-state index is 11.1. The minimum Gasteiger partial charge on any atom is -0.465 e. The number of benzene rings is 1. The fourth-order valence-corrected chi connectivity index (χ4v) is 1.09. The van der Waals surface area contributed by atoms with E-state index >= 15 is 0 Å². The van der Waals surface area contributed by atoms with Crippen molar-refractivity contribution in [2.24, 2.45) is 5.73 Å². The van der Waals surface area contributed by atoms with Crippen LogP contribution < -0.4 is 5.73 Å². The third kappa shape index (κ3) is 3.51. The van der Waals surface area contributed by atoms with Crippen LogP contribution in [0.4, 0.5) is 0 Å². The molecule has 3 N–H and O–H groups in total. The molecule has 1 rings (SSSR count). The van der Waals surface area contributed by atoms with E-state index in [1.807, 2.05) is 0 Å². The number of aliphatic hydroxyl groups is 1. The van der Waals surface area contributed by atoms with E-state index in [4.69, 9.17) is 10.8 Å². The second-order valence-corrected chi connectivity index (χ2v) is 2.90. The summed E-state index contributed by atoms with van der Waals surface area (Å²) in [5, 5.41) is 8.80.